The summed E-state index contributed by atoms with van der Waals surface area (Å²) >= 11 is 0. The van der Waals surface area contributed by atoms with Crippen LogP contribution in [0, 0.1) is 0 Å². The zero-order valence-electron chi connectivity index (χ0n) is 12.3. The molecule has 0 saturated heterocycles. The Morgan fingerprint density at radius 2 is 1.80 bits per heavy atom. The molecular formula is C19H20O. The first-order valence-electron chi connectivity index (χ1n) is 7.15. The van der Waals surface area contributed by atoms with Crippen LogP contribution in [0.15, 0.2) is 53.6 Å². The van der Waals surface area contributed by atoms with E-state index in [1.165, 1.54) is 27.7 Å². The van der Waals surface area contributed by atoms with Crippen molar-refractivity contribution in [2.75, 3.05) is 0 Å². The van der Waals surface area contributed by atoms with Gasteiger partial charge in [0.05, 0.1) is 6.10 Å². The maximum absolute atomic E-state index is 10.3. The van der Waals surface area contributed by atoms with Gasteiger partial charge in [-0.3, -0.25) is 0 Å². The molecule has 2 aromatic rings. The van der Waals surface area contributed by atoms with Gasteiger partial charge in [0.15, 0.2) is 0 Å². The molecule has 0 radical (unpaired) electrons. The summed E-state index contributed by atoms with van der Waals surface area (Å²) in [5, 5.41) is 12.6. The summed E-state index contributed by atoms with van der Waals surface area (Å²) in [6.07, 6.45) is 2.78. The zero-order chi connectivity index (χ0) is 14.3. The number of benzene rings is 2. The van der Waals surface area contributed by atoms with Gasteiger partial charge >= 0.3 is 0 Å². The van der Waals surface area contributed by atoms with Gasteiger partial charge in [-0.2, -0.15) is 0 Å². The Balaban J connectivity index is 2.27. The summed E-state index contributed by atoms with van der Waals surface area (Å²) in [6.45, 7) is 6.18. The first-order chi connectivity index (χ1) is 9.58. The van der Waals surface area contributed by atoms with Crippen LogP contribution in [0.3, 0.4) is 0 Å². The molecule has 0 heterocycles. The van der Waals surface area contributed by atoms with Gasteiger partial charge in [0.25, 0.3) is 0 Å². The van der Waals surface area contributed by atoms with E-state index < -0.39 is 6.10 Å². The Morgan fingerprint density at radius 3 is 2.45 bits per heavy atom. The second-order valence-corrected chi connectivity index (χ2v) is 5.75. The van der Waals surface area contributed by atoms with Gasteiger partial charge < -0.3 is 5.11 Å². The lowest BCUT2D eigenvalue weighted by molar-refractivity contribution is 0.200. The Kier molecular flexibility index (Phi) is 3.23. The van der Waals surface area contributed by atoms with Gasteiger partial charge in [-0.05, 0) is 60.2 Å². The monoisotopic (exact) mass is 264 g/mol. The van der Waals surface area contributed by atoms with Gasteiger partial charge in [-0.15, -0.1) is 0 Å². The van der Waals surface area contributed by atoms with E-state index in [0.29, 0.717) is 0 Å². The number of fused-ring (bicyclic) bond motifs is 1. The maximum atomic E-state index is 10.3. The number of hydrogen-bond acceptors (Lipinski definition) is 1. The molecule has 102 valence electrons. The van der Waals surface area contributed by atoms with E-state index >= 15 is 0 Å². The van der Waals surface area contributed by atoms with Crippen molar-refractivity contribution in [3.05, 3.63) is 64.7 Å². The van der Waals surface area contributed by atoms with Crippen molar-refractivity contribution in [1.29, 1.82) is 0 Å². The highest BCUT2D eigenvalue weighted by atomic mass is 16.3. The van der Waals surface area contributed by atoms with Crippen LogP contribution in [0.25, 0.3) is 16.3 Å². The SMILES string of the molecule is CC1=CC(C)=C(c2ccc3ccccc3c2C(C)O)C1. The van der Waals surface area contributed by atoms with Crippen LogP contribution in [-0.2, 0) is 0 Å². The average Bonchev–Trinajstić information content (AvgIpc) is 2.76. The van der Waals surface area contributed by atoms with Crippen molar-refractivity contribution in [1.82, 2.24) is 0 Å². The molecule has 3 rings (SSSR count). The second-order valence-electron chi connectivity index (χ2n) is 5.75. The summed E-state index contributed by atoms with van der Waals surface area (Å²) in [5.74, 6) is 0. The van der Waals surface area contributed by atoms with Crippen molar-refractivity contribution < 1.29 is 5.11 Å². The lowest BCUT2D eigenvalue weighted by atomic mass is 9.89. The highest BCUT2D eigenvalue weighted by Gasteiger charge is 2.19. The minimum Gasteiger partial charge on any atom is -0.389 e. The van der Waals surface area contributed by atoms with Crippen molar-refractivity contribution in [3.63, 3.8) is 0 Å². The smallest absolute Gasteiger partial charge is 0.0773 e. The van der Waals surface area contributed by atoms with Crippen molar-refractivity contribution in [2.45, 2.75) is 33.3 Å². The molecule has 0 fully saturated rings. The van der Waals surface area contributed by atoms with Gasteiger partial charge in [-0.1, -0.05) is 48.0 Å². The molecule has 1 unspecified atom stereocenters. The summed E-state index contributed by atoms with van der Waals surface area (Å²) in [4.78, 5) is 0. The minimum absolute atomic E-state index is 0.461. The Bertz CT molecular complexity index is 733. The molecule has 0 saturated carbocycles. The van der Waals surface area contributed by atoms with Gasteiger partial charge in [0, 0.05) is 0 Å². The predicted molar refractivity (Wildman–Crippen MR) is 85.5 cm³/mol. The standard InChI is InChI=1S/C19H20O/c1-12-10-13(2)18(11-12)17-9-8-15-6-4-5-7-16(15)19(17)14(3)20/h4-10,14,20H,11H2,1-3H3. The summed E-state index contributed by atoms with van der Waals surface area (Å²) < 4.78 is 0. The zero-order valence-corrected chi connectivity index (χ0v) is 12.3. The maximum Gasteiger partial charge on any atom is 0.0773 e. The highest BCUT2D eigenvalue weighted by Crippen LogP contribution is 2.39. The molecule has 1 atom stereocenters. The lowest BCUT2D eigenvalue weighted by Crippen LogP contribution is -2.00. The van der Waals surface area contributed by atoms with Gasteiger partial charge in [0.1, 0.15) is 0 Å². The van der Waals surface area contributed by atoms with E-state index in [1.807, 2.05) is 19.1 Å². The summed E-state index contributed by atoms with van der Waals surface area (Å²) in [6, 6.07) is 12.6. The molecule has 1 N–H and O–H groups in total. The Labute approximate surface area is 120 Å². The van der Waals surface area contributed by atoms with Crippen molar-refractivity contribution >= 4 is 16.3 Å². The fraction of sp³-hybridized carbons (Fsp3) is 0.263. The van der Waals surface area contributed by atoms with Crippen LogP contribution in [-0.4, -0.2) is 5.11 Å². The van der Waals surface area contributed by atoms with Crippen LogP contribution in [0.4, 0.5) is 0 Å². The van der Waals surface area contributed by atoms with E-state index in [9.17, 15) is 5.11 Å². The van der Waals surface area contributed by atoms with E-state index in [-0.39, 0.29) is 0 Å². The number of aliphatic hydroxyl groups is 1. The fourth-order valence-electron chi connectivity index (χ4n) is 3.24. The molecule has 0 spiro atoms. The number of aliphatic hydroxyl groups excluding tert-OH is 1. The van der Waals surface area contributed by atoms with Crippen molar-refractivity contribution in [3.8, 4) is 0 Å². The van der Waals surface area contributed by atoms with Crippen LogP contribution in [0.1, 0.15) is 44.4 Å². The first-order valence-corrected chi connectivity index (χ1v) is 7.15. The molecule has 0 amide bonds. The molecule has 1 aliphatic carbocycles. The molecular weight excluding hydrogens is 244 g/mol. The Hall–Kier alpha value is -1.86. The van der Waals surface area contributed by atoms with Crippen LogP contribution >= 0.6 is 0 Å². The van der Waals surface area contributed by atoms with Crippen molar-refractivity contribution in [2.24, 2.45) is 0 Å². The lowest BCUT2D eigenvalue weighted by Gasteiger charge is -2.17. The second kappa shape index (κ2) is 4.92. The van der Waals surface area contributed by atoms with Gasteiger partial charge in [0.2, 0.25) is 0 Å². The number of allylic oxidation sites excluding steroid dienone is 4. The van der Waals surface area contributed by atoms with E-state index in [0.717, 1.165) is 17.4 Å². The number of rotatable bonds is 2. The van der Waals surface area contributed by atoms with E-state index in [1.54, 1.807) is 0 Å². The minimum atomic E-state index is -0.461. The average molecular weight is 264 g/mol. The number of hydrogen-bond donors (Lipinski definition) is 1. The van der Waals surface area contributed by atoms with E-state index in [2.05, 4.69) is 44.2 Å². The predicted octanol–water partition coefficient (Wildman–Crippen LogP) is 5.02. The van der Waals surface area contributed by atoms with Crippen LogP contribution < -0.4 is 0 Å². The largest absolute Gasteiger partial charge is 0.389 e. The van der Waals surface area contributed by atoms with E-state index in [4.69, 9.17) is 0 Å². The molecule has 1 aliphatic rings. The highest BCUT2D eigenvalue weighted by molar-refractivity contribution is 5.92. The van der Waals surface area contributed by atoms with Crippen LogP contribution in [0.5, 0.6) is 0 Å². The topological polar surface area (TPSA) is 20.2 Å². The molecule has 1 heteroatoms. The summed E-state index contributed by atoms with van der Waals surface area (Å²) in [7, 11) is 0. The summed E-state index contributed by atoms with van der Waals surface area (Å²) in [5.41, 5.74) is 6.32. The molecule has 0 aliphatic heterocycles. The fourth-order valence-corrected chi connectivity index (χ4v) is 3.24. The first kappa shape index (κ1) is 13.1. The van der Waals surface area contributed by atoms with Gasteiger partial charge in [-0.25, -0.2) is 0 Å². The normalized spacial score (nSPS) is 16.7. The molecule has 1 nitrogen and oxygen atoms in total. The third-order valence-electron chi connectivity index (χ3n) is 4.11. The quantitative estimate of drug-likeness (QED) is 0.807. The Morgan fingerprint density at radius 1 is 1.05 bits per heavy atom. The molecule has 0 bridgehead atoms. The molecule has 20 heavy (non-hydrogen) atoms. The molecule has 2 aromatic carbocycles. The third kappa shape index (κ3) is 2.08. The molecule has 0 aromatic heterocycles. The van der Waals surface area contributed by atoms with Crippen LogP contribution in [0.2, 0.25) is 0 Å². The third-order valence-corrected chi connectivity index (χ3v) is 4.11.